The number of rotatable bonds is 5. The third-order valence-corrected chi connectivity index (χ3v) is 7.20. The average Bonchev–Trinajstić information content (AvgIpc) is 2.94. The van der Waals surface area contributed by atoms with Crippen molar-refractivity contribution in [2.24, 2.45) is 22.6 Å². The Balaban J connectivity index is 2.69. The van der Waals surface area contributed by atoms with Crippen LogP contribution >= 0.6 is 0 Å². The van der Waals surface area contributed by atoms with Gasteiger partial charge in [-0.2, -0.15) is 0 Å². The van der Waals surface area contributed by atoms with E-state index >= 15 is 0 Å². The molecule has 0 unspecified atom stereocenters. The van der Waals surface area contributed by atoms with Gasteiger partial charge in [0.1, 0.15) is 23.3 Å². The number of nitrogens with one attached hydrogen (secondary N) is 1. The molecule has 0 aliphatic carbocycles. The number of primary amides is 1. The number of allylic oxidation sites excluding steroid dienone is 2. The molecule has 11 nitrogen and oxygen atoms in total. The Kier molecular flexibility index (Phi) is 13.2. The van der Waals surface area contributed by atoms with Crippen LogP contribution in [-0.2, 0) is 25.4 Å². The molecule has 0 spiro atoms. The van der Waals surface area contributed by atoms with Crippen LogP contribution in [0.1, 0.15) is 53.0 Å². The van der Waals surface area contributed by atoms with Crippen LogP contribution in [0.3, 0.4) is 0 Å². The molecular weight excluding hydrogens is 542 g/mol. The molecule has 11 heteroatoms. The zero-order valence-electron chi connectivity index (χ0n) is 25.5. The number of hydrogen-bond donors (Lipinski definition) is 5. The topological polar surface area (TPSA) is 173 Å². The van der Waals surface area contributed by atoms with E-state index in [4.69, 9.17) is 19.9 Å². The number of aliphatic hydroxyl groups excluding tert-OH is 1. The van der Waals surface area contributed by atoms with Crippen molar-refractivity contribution in [3.05, 3.63) is 47.1 Å². The SMILES string of the molecule is CCC=Nc1c(O)cc2c(O)c1C[C@@H](C)C[C@H](OC)[C@H](O)[C@@H](C)C=C(C)[C@H](OC(N)=O)[C@@H](OC)C=CC=C(C)C(=O)N2. The van der Waals surface area contributed by atoms with Crippen molar-refractivity contribution < 1.29 is 39.1 Å². The minimum atomic E-state index is -0.989. The van der Waals surface area contributed by atoms with Gasteiger partial charge in [0.25, 0.3) is 5.91 Å². The summed E-state index contributed by atoms with van der Waals surface area (Å²) in [6.07, 6.45) is 5.24. The standard InChI is InChI=1S/C31H45N3O8/c1-8-12-33-26-21-13-17(2)14-25(41-7)27(36)19(4)15-20(5)29(42-31(32)39)24(40-6)11-9-10-18(3)30(38)34-22(28(21)37)16-23(26)35/h9-12,15-17,19,24-25,27,29,35-37H,8,13-14H2,1-7H3,(H2,32,39)(H,34,38)/t17-,19+,24+,25+,27-,29+/m1/s1. The molecule has 2 rings (SSSR count). The lowest BCUT2D eigenvalue weighted by atomic mass is 9.87. The van der Waals surface area contributed by atoms with Crippen LogP contribution in [0.25, 0.3) is 0 Å². The number of carbonyl (C=O) groups excluding carboxylic acids is 2. The largest absolute Gasteiger partial charge is 0.506 e. The minimum absolute atomic E-state index is 0.0336. The first-order valence-corrected chi connectivity index (χ1v) is 14.0. The first-order valence-electron chi connectivity index (χ1n) is 14.0. The van der Waals surface area contributed by atoms with Crippen LogP contribution in [0.2, 0.25) is 0 Å². The number of methoxy groups -OCH3 is 2. The highest BCUT2D eigenvalue weighted by Crippen LogP contribution is 2.44. The van der Waals surface area contributed by atoms with Gasteiger partial charge in [0.2, 0.25) is 0 Å². The van der Waals surface area contributed by atoms with Gasteiger partial charge in [0, 0.05) is 43.6 Å². The molecule has 0 fully saturated rings. The first-order chi connectivity index (χ1) is 19.8. The summed E-state index contributed by atoms with van der Waals surface area (Å²) >= 11 is 0. The normalized spacial score (nSPS) is 26.4. The summed E-state index contributed by atoms with van der Waals surface area (Å²) in [5.74, 6) is -1.47. The number of aromatic hydroxyl groups is 2. The van der Waals surface area contributed by atoms with Gasteiger partial charge in [-0.25, -0.2) is 4.79 Å². The third-order valence-electron chi connectivity index (χ3n) is 7.20. The fourth-order valence-electron chi connectivity index (χ4n) is 4.92. The van der Waals surface area contributed by atoms with Crippen LogP contribution in [0, 0.1) is 11.8 Å². The van der Waals surface area contributed by atoms with Crippen LogP contribution in [0.5, 0.6) is 11.5 Å². The second-order valence-electron chi connectivity index (χ2n) is 10.7. The van der Waals surface area contributed by atoms with E-state index in [1.165, 1.54) is 26.4 Å². The molecule has 1 heterocycles. The van der Waals surface area contributed by atoms with E-state index < -0.39 is 42.3 Å². The number of aliphatic imine (C=N–C) groups is 1. The van der Waals surface area contributed by atoms with Crippen molar-refractivity contribution in [3.63, 3.8) is 0 Å². The maximum Gasteiger partial charge on any atom is 0.405 e. The van der Waals surface area contributed by atoms with Crippen molar-refractivity contribution in [3.8, 4) is 11.5 Å². The Morgan fingerprint density at radius 1 is 1.21 bits per heavy atom. The van der Waals surface area contributed by atoms with Crippen molar-refractivity contribution in [2.75, 3.05) is 19.5 Å². The predicted molar refractivity (Wildman–Crippen MR) is 162 cm³/mol. The van der Waals surface area contributed by atoms with E-state index in [0.29, 0.717) is 29.6 Å². The quantitative estimate of drug-likeness (QED) is 0.143. The molecule has 0 saturated carbocycles. The molecule has 1 aliphatic rings. The Morgan fingerprint density at radius 3 is 2.50 bits per heavy atom. The molecule has 0 saturated heterocycles. The average molecular weight is 588 g/mol. The van der Waals surface area contributed by atoms with Gasteiger partial charge in [-0.05, 0) is 44.6 Å². The fraction of sp³-hybridized carbons (Fsp3) is 0.516. The van der Waals surface area contributed by atoms with Crippen LogP contribution < -0.4 is 11.1 Å². The molecule has 2 amide bonds. The van der Waals surface area contributed by atoms with Crippen LogP contribution in [0.4, 0.5) is 16.2 Å². The number of aliphatic hydroxyl groups is 1. The summed E-state index contributed by atoms with van der Waals surface area (Å²) < 4.78 is 16.6. The number of fused-ring (bicyclic) bond motifs is 2. The number of phenols is 2. The molecule has 232 valence electrons. The molecule has 0 radical (unpaired) electrons. The van der Waals surface area contributed by atoms with Crippen molar-refractivity contribution in [2.45, 2.75) is 78.3 Å². The summed E-state index contributed by atoms with van der Waals surface area (Å²) in [7, 11) is 2.95. The third kappa shape index (κ3) is 9.17. The number of benzene rings is 1. The molecule has 1 aromatic carbocycles. The summed E-state index contributed by atoms with van der Waals surface area (Å²) in [5, 5.41) is 36.0. The number of nitrogens with two attached hydrogens (primary N) is 1. The van der Waals surface area contributed by atoms with E-state index in [0.717, 1.165) is 0 Å². The van der Waals surface area contributed by atoms with Gasteiger partial charge in [0.05, 0.1) is 17.9 Å². The van der Waals surface area contributed by atoms with Gasteiger partial charge in [0.15, 0.2) is 6.10 Å². The summed E-state index contributed by atoms with van der Waals surface area (Å²) in [4.78, 5) is 29.1. The molecule has 0 aromatic heterocycles. The van der Waals surface area contributed by atoms with Gasteiger partial charge < -0.3 is 40.6 Å². The molecule has 6 N–H and O–H groups in total. The maximum absolute atomic E-state index is 13.0. The zero-order valence-corrected chi connectivity index (χ0v) is 25.5. The van der Waals surface area contributed by atoms with E-state index in [-0.39, 0.29) is 35.2 Å². The molecule has 1 aliphatic heterocycles. The second kappa shape index (κ2) is 16.1. The van der Waals surface area contributed by atoms with E-state index in [1.807, 2.05) is 20.8 Å². The van der Waals surface area contributed by atoms with Crippen molar-refractivity contribution in [1.82, 2.24) is 0 Å². The Labute approximate surface area is 247 Å². The fourth-order valence-corrected chi connectivity index (χ4v) is 4.92. The number of anilines is 1. The number of carbonyl (C=O) groups is 2. The van der Waals surface area contributed by atoms with Crippen molar-refractivity contribution >= 4 is 29.6 Å². The predicted octanol–water partition coefficient (Wildman–Crippen LogP) is 4.67. The number of phenolic OH excluding ortho intramolecular Hbond substituents is 2. The summed E-state index contributed by atoms with van der Waals surface area (Å²) in [6, 6.07) is 1.26. The van der Waals surface area contributed by atoms with Gasteiger partial charge in [-0.15, -0.1) is 0 Å². The van der Waals surface area contributed by atoms with Crippen LogP contribution in [0.15, 0.2) is 46.5 Å². The number of amides is 2. The minimum Gasteiger partial charge on any atom is -0.506 e. The number of nitrogens with zero attached hydrogens (tertiary/aromatic N) is 1. The van der Waals surface area contributed by atoms with Gasteiger partial charge in [-0.3, -0.25) is 9.79 Å². The van der Waals surface area contributed by atoms with Crippen LogP contribution in [-0.4, -0.2) is 72.2 Å². The molecule has 2 bridgehead atoms. The monoisotopic (exact) mass is 587 g/mol. The lowest BCUT2D eigenvalue weighted by molar-refractivity contribution is -0.112. The second-order valence-corrected chi connectivity index (χ2v) is 10.7. The molecular formula is C31H45N3O8. The summed E-state index contributed by atoms with van der Waals surface area (Å²) in [6.45, 7) is 8.98. The molecule has 1 aromatic rings. The van der Waals surface area contributed by atoms with Crippen molar-refractivity contribution in [1.29, 1.82) is 0 Å². The number of ether oxygens (including phenoxy) is 3. The van der Waals surface area contributed by atoms with E-state index in [9.17, 15) is 24.9 Å². The Morgan fingerprint density at radius 2 is 1.90 bits per heavy atom. The maximum atomic E-state index is 13.0. The Bertz CT molecular complexity index is 1220. The van der Waals surface area contributed by atoms with E-state index in [2.05, 4.69) is 10.3 Å². The van der Waals surface area contributed by atoms with E-state index in [1.54, 1.807) is 38.3 Å². The lowest BCUT2D eigenvalue weighted by Gasteiger charge is -2.29. The first kappa shape index (κ1) is 34.5. The Hall–Kier alpha value is -3.67. The van der Waals surface area contributed by atoms with Gasteiger partial charge in [-0.1, -0.05) is 45.1 Å². The highest BCUT2D eigenvalue weighted by Gasteiger charge is 2.30. The lowest BCUT2D eigenvalue weighted by Crippen LogP contribution is -2.37. The molecule has 42 heavy (non-hydrogen) atoms. The zero-order chi connectivity index (χ0) is 31.6. The molecule has 6 atom stereocenters. The highest BCUT2D eigenvalue weighted by molar-refractivity contribution is 6.04. The smallest absolute Gasteiger partial charge is 0.405 e. The highest BCUT2D eigenvalue weighted by atomic mass is 16.6. The summed E-state index contributed by atoms with van der Waals surface area (Å²) in [5.41, 5.74) is 6.86. The van der Waals surface area contributed by atoms with Gasteiger partial charge >= 0.3 is 6.09 Å². The number of hydrogen-bond acceptors (Lipinski definition) is 9.